The molecule has 2 aromatic rings. The van der Waals surface area contributed by atoms with Crippen molar-refractivity contribution in [2.75, 3.05) is 34.0 Å². The SMILES string of the molecule is COc1cccc(C(CNC(=O)c2ccc(SC)c([N+](=O)[O-])c2)N(C)C)c1. The summed E-state index contributed by atoms with van der Waals surface area (Å²) in [7, 11) is 5.46. The maximum Gasteiger partial charge on any atom is 0.283 e. The van der Waals surface area contributed by atoms with Crippen LogP contribution in [0.1, 0.15) is 22.0 Å². The first-order valence-corrected chi connectivity index (χ1v) is 9.50. The maximum absolute atomic E-state index is 12.5. The Morgan fingerprint density at radius 2 is 2.04 bits per heavy atom. The maximum atomic E-state index is 12.5. The Morgan fingerprint density at radius 3 is 2.63 bits per heavy atom. The average molecular weight is 389 g/mol. The molecule has 0 spiro atoms. The smallest absolute Gasteiger partial charge is 0.283 e. The molecule has 0 heterocycles. The molecule has 0 aliphatic carbocycles. The number of carbonyl (C=O) groups excluding carboxylic acids is 1. The quantitative estimate of drug-likeness (QED) is 0.423. The van der Waals surface area contributed by atoms with Gasteiger partial charge >= 0.3 is 0 Å². The second-order valence-corrected chi connectivity index (χ2v) is 6.96. The molecule has 8 heteroatoms. The molecular weight excluding hydrogens is 366 g/mol. The Balaban J connectivity index is 2.16. The number of carbonyl (C=O) groups is 1. The van der Waals surface area contributed by atoms with E-state index in [-0.39, 0.29) is 23.2 Å². The van der Waals surface area contributed by atoms with Gasteiger partial charge in [0.05, 0.1) is 23.0 Å². The molecule has 0 saturated heterocycles. The number of nitro benzene ring substituents is 1. The van der Waals surface area contributed by atoms with Crippen LogP contribution < -0.4 is 10.1 Å². The molecule has 1 atom stereocenters. The minimum Gasteiger partial charge on any atom is -0.497 e. The van der Waals surface area contributed by atoms with Gasteiger partial charge in [-0.3, -0.25) is 14.9 Å². The van der Waals surface area contributed by atoms with Crippen LogP contribution in [0, 0.1) is 10.1 Å². The molecule has 0 aromatic heterocycles. The summed E-state index contributed by atoms with van der Waals surface area (Å²) >= 11 is 1.28. The molecule has 0 bridgehead atoms. The van der Waals surface area contributed by atoms with Crippen LogP contribution in [0.2, 0.25) is 0 Å². The van der Waals surface area contributed by atoms with Gasteiger partial charge in [0.15, 0.2) is 0 Å². The Kier molecular flexibility index (Phi) is 7.20. The van der Waals surface area contributed by atoms with Crippen molar-refractivity contribution in [3.63, 3.8) is 0 Å². The lowest BCUT2D eigenvalue weighted by Crippen LogP contribution is -2.34. The number of benzene rings is 2. The van der Waals surface area contributed by atoms with E-state index in [1.54, 1.807) is 25.5 Å². The zero-order chi connectivity index (χ0) is 20.0. The fraction of sp³-hybridized carbons (Fsp3) is 0.316. The van der Waals surface area contributed by atoms with E-state index in [4.69, 9.17) is 4.74 Å². The molecule has 0 saturated carbocycles. The molecular formula is C19H23N3O4S. The lowest BCUT2D eigenvalue weighted by Gasteiger charge is -2.25. The highest BCUT2D eigenvalue weighted by Crippen LogP contribution is 2.28. The summed E-state index contributed by atoms with van der Waals surface area (Å²) in [5, 5.41) is 14.1. The van der Waals surface area contributed by atoms with Crippen molar-refractivity contribution in [2.45, 2.75) is 10.9 Å². The van der Waals surface area contributed by atoms with Crippen molar-refractivity contribution < 1.29 is 14.5 Å². The predicted octanol–water partition coefficient (Wildman–Crippen LogP) is 3.36. The Morgan fingerprint density at radius 1 is 1.30 bits per heavy atom. The van der Waals surface area contributed by atoms with Crippen molar-refractivity contribution >= 4 is 23.4 Å². The van der Waals surface area contributed by atoms with E-state index in [1.807, 2.05) is 43.3 Å². The first-order chi connectivity index (χ1) is 12.9. The van der Waals surface area contributed by atoms with Gasteiger partial charge in [0.25, 0.3) is 11.6 Å². The summed E-state index contributed by atoms with van der Waals surface area (Å²) in [6.07, 6.45) is 1.76. The van der Waals surface area contributed by atoms with Gasteiger partial charge in [-0.2, -0.15) is 0 Å². The van der Waals surface area contributed by atoms with Crippen LogP contribution in [-0.4, -0.2) is 49.7 Å². The van der Waals surface area contributed by atoms with Crippen LogP contribution in [0.4, 0.5) is 5.69 Å². The largest absolute Gasteiger partial charge is 0.497 e. The standard InChI is InChI=1S/C19H23N3O4S/c1-21(2)17(13-6-5-7-15(10-13)26-3)12-20-19(23)14-8-9-18(27-4)16(11-14)22(24)25/h5-11,17H,12H2,1-4H3,(H,20,23). The van der Waals surface area contributed by atoms with Crippen molar-refractivity contribution in [3.8, 4) is 5.75 Å². The number of ether oxygens (including phenoxy) is 1. The van der Waals surface area contributed by atoms with E-state index in [0.29, 0.717) is 11.4 Å². The van der Waals surface area contributed by atoms with Crippen LogP contribution in [0.5, 0.6) is 5.75 Å². The van der Waals surface area contributed by atoms with Gasteiger partial charge < -0.3 is 15.0 Å². The van der Waals surface area contributed by atoms with E-state index < -0.39 is 4.92 Å². The molecule has 1 N–H and O–H groups in total. The number of hydrogen-bond acceptors (Lipinski definition) is 6. The highest BCUT2D eigenvalue weighted by atomic mass is 32.2. The molecule has 2 rings (SSSR count). The molecule has 7 nitrogen and oxygen atoms in total. The van der Waals surface area contributed by atoms with Crippen LogP contribution in [0.3, 0.4) is 0 Å². The molecule has 0 aliphatic heterocycles. The zero-order valence-corrected chi connectivity index (χ0v) is 16.6. The minimum atomic E-state index is -0.471. The molecule has 0 radical (unpaired) electrons. The molecule has 0 aliphatic rings. The van der Waals surface area contributed by atoms with Crippen LogP contribution in [-0.2, 0) is 0 Å². The number of thioether (sulfide) groups is 1. The lowest BCUT2D eigenvalue weighted by molar-refractivity contribution is -0.387. The third-order valence-corrected chi connectivity index (χ3v) is 4.98. The van der Waals surface area contributed by atoms with Gasteiger partial charge in [-0.05, 0) is 50.2 Å². The van der Waals surface area contributed by atoms with E-state index >= 15 is 0 Å². The Hall–Kier alpha value is -2.58. The van der Waals surface area contributed by atoms with E-state index in [0.717, 1.165) is 11.3 Å². The van der Waals surface area contributed by atoms with Gasteiger partial charge in [0, 0.05) is 18.2 Å². The van der Waals surface area contributed by atoms with E-state index in [1.165, 1.54) is 17.8 Å². The van der Waals surface area contributed by atoms with Gasteiger partial charge in [-0.1, -0.05) is 12.1 Å². The summed E-state index contributed by atoms with van der Waals surface area (Å²) in [4.78, 5) is 25.8. The average Bonchev–Trinajstić information content (AvgIpc) is 2.67. The molecule has 1 amide bonds. The number of amides is 1. The highest BCUT2D eigenvalue weighted by molar-refractivity contribution is 7.98. The van der Waals surface area contributed by atoms with Gasteiger partial charge in [0.2, 0.25) is 0 Å². The van der Waals surface area contributed by atoms with Crippen molar-refractivity contribution in [3.05, 3.63) is 63.7 Å². The second kappa shape index (κ2) is 9.38. The number of rotatable bonds is 8. The highest BCUT2D eigenvalue weighted by Gasteiger charge is 2.19. The number of hydrogen-bond donors (Lipinski definition) is 1. The number of likely N-dealkylation sites (N-methyl/N-ethyl adjacent to an activating group) is 1. The summed E-state index contributed by atoms with van der Waals surface area (Å²) in [5.74, 6) is 0.398. The van der Waals surface area contributed by atoms with Crippen molar-refractivity contribution in [1.29, 1.82) is 0 Å². The topological polar surface area (TPSA) is 84.7 Å². The van der Waals surface area contributed by atoms with Gasteiger partial charge in [0.1, 0.15) is 5.75 Å². The van der Waals surface area contributed by atoms with Crippen molar-refractivity contribution in [1.82, 2.24) is 10.2 Å². The fourth-order valence-corrected chi connectivity index (χ4v) is 3.26. The number of nitrogens with one attached hydrogen (secondary N) is 1. The molecule has 1 unspecified atom stereocenters. The summed E-state index contributed by atoms with van der Waals surface area (Å²) < 4.78 is 5.27. The van der Waals surface area contributed by atoms with Crippen LogP contribution in [0.25, 0.3) is 0 Å². The summed E-state index contributed by atoms with van der Waals surface area (Å²) in [6.45, 7) is 0.358. The third-order valence-electron chi connectivity index (χ3n) is 4.20. The first-order valence-electron chi connectivity index (χ1n) is 8.28. The third kappa shape index (κ3) is 5.21. The lowest BCUT2D eigenvalue weighted by atomic mass is 10.1. The van der Waals surface area contributed by atoms with E-state index in [9.17, 15) is 14.9 Å². The van der Waals surface area contributed by atoms with Crippen molar-refractivity contribution in [2.24, 2.45) is 0 Å². The Bertz CT molecular complexity index is 826. The molecule has 0 fully saturated rings. The van der Waals surface area contributed by atoms with Crippen LogP contribution in [0.15, 0.2) is 47.4 Å². The Labute approximate surface area is 162 Å². The minimum absolute atomic E-state index is 0.0629. The second-order valence-electron chi connectivity index (χ2n) is 6.11. The van der Waals surface area contributed by atoms with Gasteiger partial charge in [-0.25, -0.2) is 0 Å². The molecule has 27 heavy (non-hydrogen) atoms. The zero-order valence-electron chi connectivity index (χ0n) is 15.8. The summed E-state index contributed by atoms with van der Waals surface area (Å²) in [5.41, 5.74) is 1.21. The molecule has 144 valence electrons. The predicted molar refractivity (Wildman–Crippen MR) is 107 cm³/mol. The van der Waals surface area contributed by atoms with Gasteiger partial charge in [-0.15, -0.1) is 11.8 Å². The normalized spacial score (nSPS) is 11.9. The fourth-order valence-electron chi connectivity index (χ4n) is 2.71. The van der Waals surface area contributed by atoms with E-state index in [2.05, 4.69) is 5.32 Å². The number of nitro groups is 1. The summed E-state index contributed by atoms with van der Waals surface area (Å²) in [6, 6.07) is 12.1. The first kappa shape index (κ1) is 20.7. The monoisotopic (exact) mass is 389 g/mol. The van der Waals surface area contributed by atoms with Crippen LogP contribution >= 0.6 is 11.8 Å². The molecule has 2 aromatic carbocycles. The number of nitrogens with zero attached hydrogens (tertiary/aromatic N) is 2. The number of methoxy groups -OCH3 is 1.